The third-order valence-corrected chi connectivity index (χ3v) is 6.56. The van der Waals surface area contributed by atoms with Gasteiger partial charge in [-0.1, -0.05) is 31.2 Å². The fourth-order valence-electron chi connectivity index (χ4n) is 4.23. The van der Waals surface area contributed by atoms with E-state index in [1.807, 2.05) is 12.1 Å². The molecule has 9 heteroatoms. The Kier molecular flexibility index (Phi) is 8.66. The fourth-order valence-corrected chi connectivity index (χ4v) is 4.23. The molecule has 2 N–H and O–H groups in total. The fraction of sp³-hybridized carbons (Fsp3) is 0.310. The first-order chi connectivity index (χ1) is 18.3. The second-order valence-electron chi connectivity index (χ2n) is 9.43. The molecule has 0 saturated carbocycles. The van der Waals surface area contributed by atoms with E-state index >= 15 is 0 Å². The number of rotatable bonds is 10. The number of carbonyl (C=O) groups excluding carboxylic acids is 2. The highest BCUT2D eigenvalue weighted by molar-refractivity contribution is 5.95. The van der Waals surface area contributed by atoms with Crippen LogP contribution in [0.2, 0.25) is 0 Å². The van der Waals surface area contributed by atoms with E-state index in [2.05, 4.69) is 28.6 Å². The van der Waals surface area contributed by atoms with Crippen molar-refractivity contribution in [2.24, 2.45) is 0 Å². The molecule has 1 saturated heterocycles. The lowest BCUT2D eigenvalue weighted by molar-refractivity contribution is -0.137. The number of halogens is 1. The Hall–Kier alpha value is -4.29. The monoisotopic (exact) mass is 515 g/mol. The third-order valence-electron chi connectivity index (χ3n) is 6.56. The highest BCUT2D eigenvalue weighted by Crippen LogP contribution is 2.22. The topological polar surface area (TPSA) is 107 Å². The molecule has 1 aliphatic heterocycles. The molecule has 4 rings (SSSR count). The average Bonchev–Trinajstić information content (AvgIpc) is 2.89. The van der Waals surface area contributed by atoms with Crippen LogP contribution in [-0.4, -0.2) is 54.0 Å². The van der Waals surface area contributed by atoms with Gasteiger partial charge in [-0.05, 0) is 53.4 Å². The lowest BCUT2D eigenvalue weighted by Crippen LogP contribution is -2.55. The van der Waals surface area contributed by atoms with Gasteiger partial charge >= 0.3 is 0 Å². The minimum absolute atomic E-state index is 0.0205. The molecule has 0 aliphatic carbocycles. The number of benzene rings is 2. The summed E-state index contributed by atoms with van der Waals surface area (Å²) in [7, 11) is 0. The highest BCUT2D eigenvalue weighted by atomic mass is 19.1. The van der Waals surface area contributed by atoms with E-state index in [9.17, 15) is 14.0 Å². The number of pyridine rings is 1. The van der Waals surface area contributed by atoms with Gasteiger partial charge in [0.1, 0.15) is 23.5 Å². The van der Waals surface area contributed by atoms with Crippen molar-refractivity contribution in [1.82, 2.24) is 15.2 Å². The SMILES string of the molecule is CC(=O)N1CC(Oc2ccc(NC(=O)C(CNC[C@@H](C)c3ccc(C#N)cc3)c3cccc(F)c3)nc2)C1. The first-order valence-electron chi connectivity index (χ1n) is 12.5. The number of aromatic nitrogens is 1. The predicted octanol–water partition coefficient (Wildman–Crippen LogP) is 3.82. The van der Waals surface area contributed by atoms with Gasteiger partial charge in [-0.2, -0.15) is 5.26 Å². The molecular formula is C29H30FN5O3. The Morgan fingerprint density at radius 3 is 2.53 bits per heavy atom. The quantitative estimate of drug-likeness (QED) is 0.425. The number of amides is 2. The van der Waals surface area contributed by atoms with Gasteiger partial charge in [0.05, 0.1) is 36.8 Å². The zero-order chi connectivity index (χ0) is 27.1. The van der Waals surface area contributed by atoms with Gasteiger partial charge in [-0.3, -0.25) is 9.59 Å². The number of nitrogens with zero attached hydrogens (tertiary/aromatic N) is 3. The van der Waals surface area contributed by atoms with E-state index in [1.54, 1.807) is 41.3 Å². The van der Waals surface area contributed by atoms with Gasteiger partial charge in [0.15, 0.2) is 0 Å². The smallest absolute Gasteiger partial charge is 0.234 e. The first kappa shape index (κ1) is 26.8. The van der Waals surface area contributed by atoms with Crippen molar-refractivity contribution >= 4 is 17.6 Å². The van der Waals surface area contributed by atoms with Crippen molar-refractivity contribution in [3.63, 3.8) is 0 Å². The molecular weight excluding hydrogens is 485 g/mol. The Labute approximate surface area is 221 Å². The zero-order valence-corrected chi connectivity index (χ0v) is 21.4. The molecule has 0 bridgehead atoms. The molecule has 0 radical (unpaired) electrons. The Morgan fingerprint density at radius 2 is 1.89 bits per heavy atom. The van der Waals surface area contributed by atoms with E-state index in [0.29, 0.717) is 48.9 Å². The van der Waals surface area contributed by atoms with Crippen LogP contribution in [0.5, 0.6) is 5.75 Å². The summed E-state index contributed by atoms with van der Waals surface area (Å²) in [6.07, 6.45) is 1.46. The molecule has 0 spiro atoms. The van der Waals surface area contributed by atoms with E-state index in [0.717, 1.165) is 5.56 Å². The minimum atomic E-state index is -0.649. The van der Waals surface area contributed by atoms with E-state index in [-0.39, 0.29) is 23.8 Å². The third kappa shape index (κ3) is 6.93. The molecule has 8 nitrogen and oxygen atoms in total. The summed E-state index contributed by atoms with van der Waals surface area (Å²) in [5.74, 6) is -0.302. The number of nitrogens with one attached hydrogen (secondary N) is 2. The minimum Gasteiger partial charge on any atom is -0.485 e. The van der Waals surface area contributed by atoms with Gasteiger partial charge in [0.25, 0.3) is 0 Å². The van der Waals surface area contributed by atoms with Crippen molar-refractivity contribution in [2.75, 3.05) is 31.5 Å². The number of hydrogen-bond acceptors (Lipinski definition) is 6. The molecule has 2 heterocycles. The normalized spacial score (nSPS) is 14.6. The Balaban J connectivity index is 1.36. The Morgan fingerprint density at radius 1 is 1.13 bits per heavy atom. The van der Waals surface area contributed by atoms with E-state index < -0.39 is 11.7 Å². The summed E-state index contributed by atoms with van der Waals surface area (Å²) in [5.41, 5.74) is 2.24. The number of carbonyl (C=O) groups is 2. The van der Waals surface area contributed by atoms with Crippen molar-refractivity contribution in [3.8, 4) is 11.8 Å². The Bertz CT molecular complexity index is 1300. The summed E-state index contributed by atoms with van der Waals surface area (Å²) < 4.78 is 19.8. The second-order valence-corrected chi connectivity index (χ2v) is 9.43. The van der Waals surface area contributed by atoms with Gasteiger partial charge in [-0.25, -0.2) is 9.37 Å². The highest BCUT2D eigenvalue weighted by Gasteiger charge is 2.30. The second kappa shape index (κ2) is 12.3. The average molecular weight is 516 g/mol. The van der Waals surface area contributed by atoms with Crippen LogP contribution >= 0.6 is 0 Å². The maximum Gasteiger partial charge on any atom is 0.234 e. The maximum atomic E-state index is 14.0. The number of ether oxygens (including phenoxy) is 1. The van der Waals surface area contributed by atoms with Crippen LogP contribution in [0.4, 0.5) is 10.2 Å². The summed E-state index contributed by atoms with van der Waals surface area (Å²) >= 11 is 0. The van der Waals surface area contributed by atoms with Gasteiger partial charge < -0.3 is 20.3 Å². The van der Waals surface area contributed by atoms with Gasteiger partial charge in [-0.15, -0.1) is 0 Å². The van der Waals surface area contributed by atoms with Gasteiger partial charge in [0, 0.05) is 20.0 Å². The van der Waals surface area contributed by atoms with E-state index in [1.165, 1.54) is 25.3 Å². The summed E-state index contributed by atoms with van der Waals surface area (Å²) in [5, 5.41) is 15.1. The molecule has 196 valence electrons. The molecule has 3 aromatic rings. The van der Waals surface area contributed by atoms with Crippen molar-refractivity contribution < 1.29 is 18.7 Å². The van der Waals surface area contributed by atoms with Crippen molar-refractivity contribution in [3.05, 3.63) is 89.4 Å². The van der Waals surface area contributed by atoms with Crippen LogP contribution in [0.1, 0.15) is 42.4 Å². The van der Waals surface area contributed by atoms with Gasteiger partial charge in [0.2, 0.25) is 11.8 Å². The number of anilines is 1. The predicted molar refractivity (Wildman–Crippen MR) is 141 cm³/mol. The van der Waals surface area contributed by atoms with Crippen LogP contribution < -0.4 is 15.4 Å². The van der Waals surface area contributed by atoms with E-state index in [4.69, 9.17) is 10.00 Å². The molecule has 2 amide bonds. The summed E-state index contributed by atoms with van der Waals surface area (Å²) in [4.78, 5) is 30.5. The van der Waals surface area contributed by atoms with Crippen molar-refractivity contribution in [1.29, 1.82) is 5.26 Å². The zero-order valence-electron chi connectivity index (χ0n) is 21.4. The molecule has 1 unspecified atom stereocenters. The number of hydrogen-bond donors (Lipinski definition) is 2. The van der Waals surface area contributed by atoms with Crippen LogP contribution in [0, 0.1) is 17.1 Å². The van der Waals surface area contributed by atoms with Crippen LogP contribution in [0.25, 0.3) is 0 Å². The lowest BCUT2D eigenvalue weighted by atomic mass is 9.96. The van der Waals surface area contributed by atoms with Crippen LogP contribution in [0.15, 0.2) is 66.9 Å². The molecule has 1 aliphatic rings. The summed E-state index contributed by atoms with van der Waals surface area (Å²) in [6.45, 7) is 5.56. The molecule has 1 fully saturated rings. The lowest BCUT2D eigenvalue weighted by Gasteiger charge is -2.38. The number of nitriles is 1. The summed E-state index contributed by atoms with van der Waals surface area (Å²) in [6, 6.07) is 18.9. The first-order valence-corrected chi connectivity index (χ1v) is 12.5. The number of likely N-dealkylation sites (tertiary alicyclic amines) is 1. The van der Waals surface area contributed by atoms with Crippen LogP contribution in [0.3, 0.4) is 0 Å². The van der Waals surface area contributed by atoms with Crippen LogP contribution in [-0.2, 0) is 9.59 Å². The molecule has 2 aromatic carbocycles. The van der Waals surface area contributed by atoms with Crippen molar-refractivity contribution in [2.45, 2.75) is 31.8 Å². The standard InChI is InChI=1S/C29H30FN5O3/c1-19(22-8-6-21(13-31)7-9-22)14-32-16-27(23-4-3-5-24(30)12-23)29(37)34-28-11-10-25(15-33-28)38-26-17-35(18-26)20(2)36/h3-12,15,19,26-27,32H,14,16-18H2,1-2H3,(H,33,34,37)/t19-,27?/m1/s1. The molecule has 2 atom stereocenters. The maximum absolute atomic E-state index is 14.0. The molecule has 38 heavy (non-hydrogen) atoms. The largest absolute Gasteiger partial charge is 0.485 e. The molecule has 1 aromatic heterocycles.